The number of hydrogen-bond donors (Lipinski definition) is 3. The van der Waals surface area contributed by atoms with E-state index >= 15 is 0 Å². The summed E-state index contributed by atoms with van der Waals surface area (Å²) in [5.41, 5.74) is 5.79. The summed E-state index contributed by atoms with van der Waals surface area (Å²) in [6.07, 6.45) is 3.56. The molecule has 2 aromatic heterocycles. The SMILES string of the molecule is CC(=O)N(O)CCO/N=C(\C(=O)N[C@@H]1C(=O)N2C(C(=O)[O-])=C(C[n+]3ccccc3)CS[C@H]12)c1csc(N)n1. The summed E-state index contributed by atoms with van der Waals surface area (Å²) in [4.78, 5) is 59.4. The number of rotatable bonds is 10. The molecule has 0 spiro atoms. The average molecular weight is 562 g/mol. The van der Waals surface area contributed by atoms with Gasteiger partial charge in [0.1, 0.15) is 23.7 Å². The number of carbonyl (C=O) groups is 4. The number of hydrogen-bond acceptors (Lipinski definition) is 12. The zero-order valence-electron chi connectivity index (χ0n) is 20.0. The number of carbonyl (C=O) groups excluding carboxylic acids is 4. The van der Waals surface area contributed by atoms with Gasteiger partial charge in [-0.3, -0.25) is 24.5 Å². The molecular formula is C22H23N7O7S2. The standard InChI is InChI=1S/C22H23N7O7S2/c1-12(30)28(35)7-8-36-26-15(14-11-38-22(23)24-14)18(31)25-16-19(32)29-17(21(33)34)13(10-37-20(16)29)9-27-5-3-2-4-6-27/h2-6,11,16,20,35H,7-10H2,1H3,(H3-,23,24,25,31,33,34)/b26-15-/t16-,20-/m1/s1. The summed E-state index contributed by atoms with van der Waals surface area (Å²) in [5.74, 6) is -3.17. The van der Waals surface area contributed by atoms with Crippen LogP contribution in [0.25, 0.3) is 0 Å². The van der Waals surface area contributed by atoms with E-state index in [9.17, 15) is 29.5 Å². The van der Waals surface area contributed by atoms with Crippen LogP contribution in [0.2, 0.25) is 0 Å². The Morgan fingerprint density at radius 1 is 1.37 bits per heavy atom. The first-order valence-electron chi connectivity index (χ1n) is 11.2. The molecule has 2 atom stereocenters. The predicted octanol–water partition coefficient (Wildman–Crippen LogP) is -1.92. The molecule has 1 fully saturated rings. The molecule has 3 amide bonds. The summed E-state index contributed by atoms with van der Waals surface area (Å²) >= 11 is 2.37. The van der Waals surface area contributed by atoms with Gasteiger partial charge in [0.15, 0.2) is 29.8 Å². The summed E-state index contributed by atoms with van der Waals surface area (Å²) in [6, 6.07) is 4.42. The number of pyridine rings is 1. The molecule has 200 valence electrons. The minimum atomic E-state index is -1.47. The van der Waals surface area contributed by atoms with Gasteiger partial charge in [0, 0.05) is 35.8 Å². The highest BCUT2D eigenvalue weighted by Gasteiger charge is 2.53. The lowest BCUT2D eigenvalue weighted by Gasteiger charge is -2.50. The number of hydroxylamine groups is 2. The van der Waals surface area contributed by atoms with Crippen LogP contribution in [0.4, 0.5) is 5.13 Å². The lowest BCUT2D eigenvalue weighted by Crippen LogP contribution is -2.71. The second kappa shape index (κ2) is 11.6. The molecule has 2 aliphatic heterocycles. The Morgan fingerprint density at radius 2 is 2.11 bits per heavy atom. The normalized spacial score (nSPS) is 18.9. The first-order valence-corrected chi connectivity index (χ1v) is 13.1. The molecule has 2 aliphatic rings. The number of thiazole rings is 1. The van der Waals surface area contributed by atoms with Crippen molar-refractivity contribution in [2.24, 2.45) is 5.16 Å². The van der Waals surface area contributed by atoms with E-state index in [1.807, 2.05) is 6.07 Å². The lowest BCUT2D eigenvalue weighted by atomic mass is 10.0. The third-order valence-electron chi connectivity index (χ3n) is 5.57. The van der Waals surface area contributed by atoms with E-state index in [0.29, 0.717) is 16.4 Å². The number of carboxylic acid groups (broad SMARTS) is 1. The van der Waals surface area contributed by atoms with Crippen LogP contribution in [-0.2, 0) is 30.6 Å². The van der Waals surface area contributed by atoms with E-state index in [1.54, 1.807) is 29.1 Å². The van der Waals surface area contributed by atoms with Crippen LogP contribution in [0, 0.1) is 0 Å². The maximum Gasteiger partial charge on any atom is 0.276 e. The third kappa shape index (κ3) is 5.76. The highest BCUT2D eigenvalue weighted by Crippen LogP contribution is 2.40. The molecule has 4 heterocycles. The van der Waals surface area contributed by atoms with Crippen molar-refractivity contribution >= 4 is 57.6 Å². The Balaban J connectivity index is 1.48. The molecule has 0 aromatic carbocycles. The molecule has 0 aliphatic carbocycles. The minimum absolute atomic E-state index is 0.0924. The molecule has 14 nitrogen and oxygen atoms in total. The Labute approximate surface area is 224 Å². The fourth-order valence-electron chi connectivity index (χ4n) is 3.76. The summed E-state index contributed by atoms with van der Waals surface area (Å²) in [7, 11) is 0. The van der Waals surface area contributed by atoms with E-state index in [4.69, 9.17) is 10.6 Å². The van der Waals surface area contributed by atoms with Gasteiger partial charge >= 0.3 is 0 Å². The van der Waals surface area contributed by atoms with Gasteiger partial charge in [-0.15, -0.1) is 23.1 Å². The number of nitrogens with zero attached hydrogens (tertiary/aromatic N) is 5. The smallest absolute Gasteiger partial charge is 0.276 e. The first-order chi connectivity index (χ1) is 18.2. The van der Waals surface area contributed by atoms with E-state index < -0.39 is 35.1 Å². The van der Waals surface area contributed by atoms with Crippen LogP contribution in [-0.4, -0.2) is 79.9 Å². The molecular weight excluding hydrogens is 538 g/mol. The van der Waals surface area contributed by atoms with Crippen LogP contribution in [0.5, 0.6) is 0 Å². The van der Waals surface area contributed by atoms with Crippen LogP contribution >= 0.6 is 23.1 Å². The van der Waals surface area contributed by atoms with Gasteiger partial charge in [-0.1, -0.05) is 11.2 Å². The van der Waals surface area contributed by atoms with Crippen molar-refractivity contribution in [1.29, 1.82) is 0 Å². The van der Waals surface area contributed by atoms with Gasteiger partial charge in [-0.2, -0.15) is 0 Å². The zero-order chi connectivity index (χ0) is 27.4. The summed E-state index contributed by atoms with van der Waals surface area (Å²) in [5, 5.41) is 29.2. The molecule has 1 saturated heterocycles. The Bertz CT molecular complexity index is 1310. The van der Waals surface area contributed by atoms with Crippen LogP contribution < -0.4 is 20.7 Å². The summed E-state index contributed by atoms with van der Waals surface area (Å²) < 4.78 is 1.79. The Hall–Kier alpha value is -4.02. The van der Waals surface area contributed by atoms with Crippen molar-refractivity contribution in [1.82, 2.24) is 20.3 Å². The number of fused-ring (bicyclic) bond motifs is 1. The Morgan fingerprint density at radius 3 is 2.74 bits per heavy atom. The van der Waals surface area contributed by atoms with E-state index in [-0.39, 0.29) is 41.9 Å². The largest absolute Gasteiger partial charge is 0.543 e. The molecule has 0 saturated carbocycles. The second-order valence-corrected chi connectivity index (χ2v) is 10.1. The number of nitrogens with two attached hydrogens (primary N) is 1. The highest BCUT2D eigenvalue weighted by molar-refractivity contribution is 8.00. The summed E-state index contributed by atoms with van der Waals surface area (Å²) in [6.45, 7) is 0.985. The van der Waals surface area contributed by atoms with Crippen LogP contribution in [0.1, 0.15) is 12.6 Å². The van der Waals surface area contributed by atoms with Gasteiger partial charge in [0.25, 0.3) is 11.8 Å². The predicted molar refractivity (Wildman–Crippen MR) is 132 cm³/mol. The van der Waals surface area contributed by atoms with Gasteiger partial charge in [-0.05, 0) is 0 Å². The van der Waals surface area contributed by atoms with Crippen LogP contribution in [0.3, 0.4) is 0 Å². The average Bonchev–Trinajstić information content (AvgIpc) is 3.32. The number of aliphatic carboxylic acids is 1. The molecule has 2 aromatic rings. The quantitative estimate of drug-likeness (QED) is 0.0734. The van der Waals surface area contributed by atoms with Crippen molar-refractivity contribution in [3.8, 4) is 0 Å². The van der Waals surface area contributed by atoms with Crippen molar-refractivity contribution in [3.05, 3.63) is 52.9 Å². The van der Waals surface area contributed by atoms with Crippen molar-refractivity contribution in [2.75, 3.05) is 24.6 Å². The van der Waals surface area contributed by atoms with E-state index in [2.05, 4.69) is 15.5 Å². The molecule has 0 unspecified atom stereocenters. The number of oxime groups is 1. The first kappa shape index (κ1) is 27.0. The van der Waals surface area contributed by atoms with E-state index in [0.717, 1.165) is 23.2 Å². The topological polar surface area (TPSA) is 194 Å². The molecule has 16 heteroatoms. The van der Waals surface area contributed by atoms with Crippen molar-refractivity contribution in [3.63, 3.8) is 0 Å². The number of nitrogens with one attached hydrogen (secondary N) is 1. The zero-order valence-corrected chi connectivity index (χ0v) is 21.6. The fourth-order valence-corrected chi connectivity index (χ4v) is 5.64. The van der Waals surface area contributed by atoms with Crippen molar-refractivity contribution in [2.45, 2.75) is 24.9 Å². The molecule has 4 rings (SSSR count). The lowest BCUT2D eigenvalue weighted by molar-refractivity contribution is -0.689. The number of anilines is 1. The van der Waals surface area contributed by atoms with Gasteiger partial charge < -0.3 is 25.8 Å². The number of carboxylic acids is 1. The number of thioether (sulfide) groups is 1. The van der Waals surface area contributed by atoms with E-state index in [1.165, 1.54) is 17.1 Å². The second-order valence-electron chi connectivity index (χ2n) is 8.13. The maximum absolute atomic E-state index is 13.1. The minimum Gasteiger partial charge on any atom is -0.543 e. The van der Waals surface area contributed by atoms with Gasteiger partial charge in [-0.25, -0.2) is 14.6 Å². The molecule has 38 heavy (non-hydrogen) atoms. The van der Waals surface area contributed by atoms with Crippen LogP contribution in [0.15, 0.2) is 52.4 Å². The maximum atomic E-state index is 13.1. The highest BCUT2D eigenvalue weighted by atomic mass is 32.2. The molecule has 0 radical (unpaired) electrons. The van der Waals surface area contributed by atoms with Gasteiger partial charge in [0.05, 0.1) is 18.2 Å². The molecule has 4 N–H and O–H groups in total. The molecule has 0 bridgehead atoms. The fraction of sp³-hybridized carbons (Fsp3) is 0.318. The van der Waals surface area contributed by atoms with Gasteiger partial charge in [0.2, 0.25) is 5.91 Å². The van der Waals surface area contributed by atoms with Crippen molar-refractivity contribution < 1.29 is 38.9 Å². The number of amides is 3. The number of aromatic nitrogens is 2. The Kier molecular flexibility index (Phi) is 8.23. The number of nitrogen functional groups attached to an aromatic ring is 1. The number of β-lactam (4-membered cyclic amide) rings is 1. The third-order valence-corrected chi connectivity index (χ3v) is 7.58. The monoisotopic (exact) mass is 561 g/mol.